The topological polar surface area (TPSA) is 54.0 Å². The highest BCUT2D eigenvalue weighted by molar-refractivity contribution is 5.99. The lowest BCUT2D eigenvalue weighted by Gasteiger charge is -2.23. The second-order valence-electron chi connectivity index (χ2n) is 5.37. The number of aromatic nitrogens is 1. The van der Waals surface area contributed by atoms with Crippen LogP contribution in [0.2, 0.25) is 0 Å². The van der Waals surface area contributed by atoms with Gasteiger partial charge in [-0.05, 0) is 24.8 Å². The van der Waals surface area contributed by atoms with Crippen LogP contribution in [0.15, 0.2) is 18.5 Å². The lowest BCUT2D eigenvalue weighted by atomic mass is 9.96. The molecule has 2 atom stereocenters. The van der Waals surface area contributed by atoms with Crippen LogP contribution < -0.4 is 10.6 Å². The van der Waals surface area contributed by atoms with Gasteiger partial charge in [0.2, 0.25) is 0 Å². The Labute approximate surface area is 115 Å². The van der Waals surface area contributed by atoms with Gasteiger partial charge in [-0.3, -0.25) is 9.78 Å². The minimum atomic E-state index is 0.00509. The van der Waals surface area contributed by atoms with Crippen molar-refractivity contribution in [3.8, 4) is 0 Å². The molecule has 2 unspecified atom stereocenters. The summed E-state index contributed by atoms with van der Waals surface area (Å²) in [5.74, 6) is 0.567. The molecule has 104 valence electrons. The first-order chi connectivity index (χ1) is 9.22. The molecule has 1 aromatic rings. The zero-order valence-electron chi connectivity index (χ0n) is 11.8. The lowest BCUT2D eigenvalue weighted by Crippen LogP contribution is -2.39. The van der Waals surface area contributed by atoms with Gasteiger partial charge in [0.05, 0.1) is 17.4 Å². The minimum Gasteiger partial charge on any atom is -0.386 e. The van der Waals surface area contributed by atoms with E-state index in [1.54, 1.807) is 18.5 Å². The average Bonchev–Trinajstić information content (AvgIpc) is 2.64. The van der Waals surface area contributed by atoms with Crippen LogP contribution in [0.1, 0.15) is 49.4 Å². The van der Waals surface area contributed by atoms with E-state index in [2.05, 4.69) is 22.5 Å². The molecule has 0 bridgehead atoms. The zero-order valence-corrected chi connectivity index (χ0v) is 11.8. The maximum atomic E-state index is 12.4. The molecule has 1 fully saturated rings. The van der Waals surface area contributed by atoms with Crippen molar-refractivity contribution in [2.75, 3.05) is 12.4 Å². The Hall–Kier alpha value is -1.58. The third kappa shape index (κ3) is 3.46. The van der Waals surface area contributed by atoms with E-state index in [-0.39, 0.29) is 5.91 Å². The maximum Gasteiger partial charge on any atom is 0.253 e. The van der Waals surface area contributed by atoms with Crippen LogP contribution in [-0.4, -0.2) is 24.0 Å². The Balaban J connectivity index is 2.07. The van der Waals surface area contributed by atoms with Crippen LogP contribution in [0.25, 0.3) is 0 Å². The molecule has 4 nitrogen and oxygen atoms in total. The summed E-state index contributed by atoms with van der Waals surface area (Å²) >= 11 is 0. The average molecular weight is 261 g/mol. The molecule has 1 aliphatic carbocycles. The van der Waals surface area contributed by atoms with E-state index in [0.29, 0.717) is 17.5 Å². The zero-order chi connectivity index (χ0) is 13.7. The molecule has 1 aliphatic rings. The first-order valence-corrected chi connectivity index (χ1v) is 7.15. The van der Waals surface area contributed by atoms with Gasteiger partial charge in [0.25, 0.3) is 5.91 Å². The number of anilines is 1. The predicted molar refractivity (Wildman–Crippen MR) is 77.3 cm³/mol. The Morgan fingerprint density at radius 2 is 2.11 bits per heavy atom. The molecular formula is C15H23N3O. The van der Waals surface area contributed by atoms with E-state index < -0.39 is 0 Å². The maximum absolute atomic E-state index is 12.4. The smallest absolute Gasteiger partial charge is 0.253 e. The molecule has 1 aromatic heterocycles. The molecule has 0 aliphatic heterocycles. The van der Waals surface area contributed by atoms with Gasteiger partial charge in [-0.15, -0.1) is 0 Å². The van der Waals surface area contributed by atoms with E-state index in [0.717, 1.165) is 12.1 Å². The van der Waals surface area contributed by atoms with Crippen molar-refractivity contribution in [1.29, 1.82) is 0 Å². The summed E-state index contributed by atoms with van der Waals surface area (Å²) < 4.78 is 0. The third-order valence-electron chi connectivity index (χ3n) is 4.01. The van der Waals surface area contributed by atoms with Crippen molar-refractivity contribution in [1.82, 2.24) is 10.3 Å². The number of carbonyl (C=O) groups excluding carboxylic acids is 1. The Bertz CT molecular complexity index is 433. The Morgan fingerprint density at radius 3 is 2.89 bits per heavy atom. The van der Waals surface area contributed by atoms with E-state index in [1.807, 2.05) is 7.05 Å². The highest BCUT2D eigenvalue weighted by atomic mass is 16.1. The minimum absolute atomic E-state index is 0.00509. The molecule has 1 amide bonds. The van der Waals surface area contributed by atoms with Crippen LogP contribution >= 0.6 is 0 Å². The van der Waals surface area contributed by atoms with Crippen molar-refractivity contribution in [3.05, 3.63) is 24.0 Å². The summed E-state index contributed by atoms with van der Waals surface area (Å²) in [6.07, 6.45) is 9.42. The molecule has 0 radical (unpaired) electrons. The number of rotatable bonds is 3. The normalized spacial score (nSPS) is 23.5. The lowest BCUT2D eigenvalue weighted by molar-refractivity contribution is 0.0922. The fourth-order valence-corrected chi connectivity index (χ4v) is 2.75. The fourth-order valence-electron chi connectivity index (χ4n) is 2.75. The molecule has 0 spiro atoms. The molecule has 19 heavy (non-hydrogen) atoms. The number of pyridine rings is 1. The quantitative estimate of drug-likeness (QED) is 0.823. The Kier molecular flexibility index (Phi) is 4.77. The van der Waals surface area contributed by atoms with Gasteiger partial charge in [0.1, 0.15) is 0 Å². The van der Waals surface area contributed by atoms with E-state index in [9.17, 15) is 4.79 Å². The number of hydrogen-bond donors (Lipinski definition) is 2. The fraction of sp³-hybridized carbons (Fsp3) is 0.600. The van der Waals surface area contributed by atoms with E-state index >= 15 is 0 Å². The summed E-state index contributed by atoms with van der Waals surface area (Å²) in [5.41, 5.74) is 1.45. The summed E-state index contributed by atoms with van der Waals surface area (Å²) in [6, 6.07) is 2.07. The van der Waals surface area contributed by atoms with Crippen LogP contribution in [0, 0.1) is 5.92 Å². The standard InChI is InChI=1S/C15H23N3O/c1-11-6-4-3-5-7-13(11)18-15(19)12-8-9-17-10-14(12)16-2/h8-11,13,16H,3-7H2,1-2H3,(H,18,19). The molecular weight excluding hydrogens is 238 g/mol. The van der Waals surface area contributed by atoms with Crippen molar-refractivity contribution in [2.45, 2.75) is 45.1 Å². The summed E-state index contributed by atoms with van der Waals surface area (Å²) in [6.45, 7) is 2.24. The van der Waals surface area contributed by atoms with Crippen molar-refractivity contribution < 1.29 is 4.79 Å². The summed E-state index contributed by atoms with van der Waals surface area (Å²) in [7, 11) is 1.81. The monoisotopic (exact) mass is 261 g/mol. The molecule has 1 saturated carbocycles. The number of nitrogens with zero attached hydrogens (tertiary/aromatic N) is 1. The molecule has 1 heterocycles. The molecule has 2 N–H and O–H groups in total. The van der Waals surface area contributed by atoms with Crippen molar-refractivity contribution in [3.63, 3.8) is 0 Å². The number of hydrogen-bond acceptors (Lipinski definition) is 3. The van der Waals surface area contributed by atoms with Gasteiger partial charge in [-0.1, -0.05) is 26.2 Å². The van der Waals surface area contributed by atoms with Gasteiger partial charge >= 0.3 is 0 Å². The predicted octanol–water partition coefficient (Wildman–Crippen LogP) is 2.82. The number of carbonyl (C=O) groups is 1. The second-order valence-corrected chi connectivity index (χ2v) is 5.37. The van der Waals surface area contributed by atoms with Gasteiger partial charge in [0, 0.05) is 19.3 Å². The second kappa shape index (κ2) is 6.55. The van der Waals surface area contributed by atoms with Crippen LogP contribution in [0.5, 0.6) is 0 Å². The molecule has 4 heteroatoms. The van der Waals surface area contributed by atoms with Crippen molar-refractivity contribution in [2.24, 2.45) is 5.92 Å². The molecule has 2 rings (SSSR count). The molecule has 0 aromatic carbocycles. The van der Waals surface area contributed by atoms with Crippen LogP contribution in [-0.2, 0) is 0 Å². The van der Waals surface area contributed by atoms with Gasteiger partial charge < -0.3 is 10.6 Å². The summed E-state index contributed by atoms with van der Waals surface area (Å²) in [5, 5.41) is 6.21. The summed E-state index contributed by atoms with van der Waals surface area (Å²) in [4.78, 5) is 16.4. The third-order valence-corrected chi connectivity index (χ3v) is 4.01. The highest BCUT2D eigenvalue weighted by Gasteiger charge is 2.22. The first-order valence-electron chi connectivity index (χ1n) is 7.15. The van der Waals surface area contributed by atoms with Gasteiger partial charge in [-0.25, -0.2) is 0 Å². The highest BCUT2D eigenvalue weighted by Crippen LogP contribution is 2.23. The van der Waals surface area contributed by atoms with Gasteiger partial charge in [-0.2, -0.15) is 0 Å². The number of amides is 1. The van der Waals surface area contributed by atoms with E-state index in [4.69, 9.17) is 0 Å². The first kappa shape index (κ1) is 13.8. The Morgan fingerprint density at radius 1 is 1.32 bits per heavy atom. The van der Waals surface area contributed by atoms with Crippen LogP contribution in [0.3, 0.4) is 0 Å². The van der Waals surface area contributed by atoms with Gasteiger partial charge in [0.15, 0.2) is 0 Å². The van der Waals surface area contributed by atoms with Crippen LogP contribution in [0.4, 0.5) is 5.69 Å². The number of nitrogens with one attached hydrogen (secondary N) is 2. The van der Waals surface area contributed by atoms with Crippen molar-refractivity contribution >= 4 is 11.6 Å². The van der Waals surface area contributed by atoms with E-state index in [1.165, 1.54) is 25.7 Å². The molecule has 0 saturated heterocycles. The SMILES string of the molecule is CNc1cnccc1C(=O)NC1CCCCCC1C. The largest absolute Gasteiger partial charge is 0.386 e.